The van der Waals surface area contributed by atoms with E-state index in [1.807, 2.05) is 27.8 Å². The Bertz CT molecular complexity index is 303. The summed E-state index contributed by atoms with van der Waals surface area (Å²) in [4.78, 5) is 8.83. The summed E-state index contributed by atoms with van der Waals surface area (Å²) in [5, 5.41) is 3.12. The van der Waals surface area contributed by atoms with Crippen LogP contribution in [0.1, 0.15) is 29.7 Å². The number of nitrogens with zero attached hydrogens (tertiary/aromatic N) is 2. The van der Waals surface area contributed by atoms with Crippen molar-refractivity contribution in [2.24, 2.45) is 0 Å². The van der Waals surface area contributed by atoms with Crippen molar-refractivity contribution in [3.05, 3.63) is 22.8 Å². The molecule has 0 saturated carbocycles. The molecule has 0 atom stereocenters. The van der Waals surface area contributed by atoms with E-state index in [1.54, 1.807) is 0 Å². The minimum atomic E-state index is 0.498. The van der Waals surface area contributed by atoms with E-state index in [0.29, 0.717) is 13.2 Å². The molecule has 1 rings (SSSR count). The zero-order chi connectivity index (χ0) is 11.3. The molecule has 0 amide bonds. The summed E-state index contributed by atoms with van der Waals surface area (Å²) in [5.74, 6) is 0.770. The molecule has 0 aliphatic rings. The van der Waals surface area contributed by atoms with Crippen molar-refractivity contribution in [3.8, 4) is 0 Å². The van der Waals surface area contributed by atoms with Gasteiger partial charge in [0.15, 0.2) is 5.82 Å². The third kappa shape index (κ3) is 3.25. The van der Waals surface area contributed by atoms with Crippen LogP contribution in [0.25, 0.3) is 0 Å². The Morgan fingerprint density at radius 1 is 1.20 bits per heavy atom. The van der Waals surface area contributed by atoms with Gasteiger partial charge in [-0.25, -0.2) is 9.97 Å². The van der Waals surface area contributed by atoms with Gasteiger partial charge in [0.1, 0.15) is 6.61 Å². The van der Waals surface area contributed by atoms with Crippen LogP contribution in [-0.2, 0) is 17.9 Å². The minimum Gasteiger partial charge on any atom is -0.374 e. The smallest absolute Gasteiger partial charge is 0.154 e. The van der Waals surface area contributed by atoms with Crippen molar-refractivity contribution in [1.82, 2.24) is 15.3 Å². The normalized spacial score (nSPS) is 10.7. The summed E-state index contributed by atoms with van der Waals surface area (Å²) in [5.41, 5.74) is 3.25. The van der Waals surface area contributed by atoms with Crippen molar-refractivity contribution in [1.29, 1.82) is 0 Å². The van der Waals surface area contributed by atoms with Crippen LogP contribution in [0.15, 0.2) is 0 Å². The van der Waals surface area contributed by atoms with Gasteiger partial charge in [0, 0.05) is 30.1 Å². The van der Waals surface area contributed by atoms with E-state index < -0.39 is 0 Å². The maximum Gasteiger partial charge on any atom is 0.154 e. The van der Waals surface area contributed by atoms with E-state index in [9.17, 15) is 0 Å². The van der Waals surface area contributed by atoms with Gasteiger partial charge in [-0.1, -0.05) is 0 Å². The number of hydrogen-bond donors (Lipinski definition) is 1. The fraction of sp³-hybridized carbons (Fsp3) is 0.636. The molecule has 0 aromatic carbocycles. The molecule has 0 aliphatic heterocycles. The van der Waals surface area contributed by atoms with Crippen molar-refractivity contribution >= 4 is 0 Å². The molecule has 84 valence electrons. The SMILES string of the molecule is CCOCc1nc(C)c(CNC)c(C)n1. The monoisotopic (exact) mass is 209 g/mol. The second-order valence-electron chi connectivity index (χ2n) is 3.46. The maximum absolute atomic E-state index is 5.29. The Morgan fingerprint density at radius 2 is 1.80 bits per heavy atom. The maximum atomic E-state index is 5.29. The molecule has 0 radical (unpaired) electrons. The third-order valence-electron chi connectivity index (χ3n) is 2.26. The lowest BCUT2D eigenvalue weighted by molar-refractivity contribution is 0.128. The lowest BCUT2D eigenvalue weighted by atomic mass is 10.1. The molecule has 0 spiro atoms. The fourth-order valence-corrected chi connectivity index (χ4v) is 1.50. The predicted octanol–water partition coefficient (Wildman–Crippen LogP) is 1.35. The van der Waals surface area contributed by atoms with E-state index in [4.69, 9.17) is 4.74 Å². The molecule has 1 aromatic rings. The highest BCUT2D eigenvalue weighted by Gasteiger charge is 2.07. The van der Waals surface area contributed by atoms with Crippen LogP contribution in [0.2, 0.25) is 0 Å². The average molecular weight is 209 g/mol. The average Bonchev–Trinajstić information content (AvgIpc) is 2.20. The summed E-state index contributed by atoms with van der Waals surface area (Å²) in [6, 6.07) is 0. The van der Waals surface area contributed by atoms with E-state index in [-0.39, 0.29) is 0 Å². The topological polar surface area (TPSA) is 47.0 Å². The molecule has 0 bridgehead atoms. The summed E-state index contributed by atoms with van der Waals surface area (Å²) < 4.78 is 5.29. The Kier molecular flexibility index (Phi) is 4.65. The van der Waals surface area contributed by atoms with Crippen LogP contribution in [-0.4, -0.2) is 23.6 Å². The van der Waals surface area contributed by atoms with E-state index >= 15 is 0 Å². The highest BCUT2D eigenvalue weighted by atomic mass is 16.5. The second kappa shape index (κ2) is 5.78. The van der Waals surface area contributed by atoms with E-state index in [2.05, 4.69) is 15.3 Å². The highest BCUT2D eigenvalue weighted by Crippen LogP contribution is 2.10. The molecule has 0 saturated heterocycles. The first-order valence-corrected chi connectivity index (χ1v) is 5.24. The van der Waals surface area contributed by atoms with Crippen molar-refractivity contribution in [2.45, 2.75) is 33.9 Å². The minimum absolute atomic E-state index is 0.498. The van der Waals surface area contributed by atoms with Gasteiger partial charge in [0.25, 0.3) is 0 Å². The summed E-state index contributed by atoms with van der Waals surface area (Å²) >= 11 is 0. The zero-order valence-corrected chi connectivity index (χ0v) is 9.92. The van der Waals surface area contributed by atoms with Crippen LogP contribution in [0.3, 0.4) is 0 Å². The summed E-state index contributed by atoms with van der Waals surface area (Å²) in [6.45, 7) is 7.99. The number of aromatic nitrogens is 2. The molecule has 0 fully saturated rings. The van der Waals surface area contributed by atoms with Crippen molar-refractivity contribution in [2.75, 3.05) is 13.7 Å². The van der Waals surface area contributed by atoms with Gasteiger partial charge in [-0.3, -0.25) is 0 Å². The molecule has 15 heavy (non-hydrogen) atoms. The quantitative estimate of drug-likeness (QED) is 0.795. The van der Waals surface area contributed by atoms with Gasteiger partial charge in [-0.2, -0.15) is 0 Å². The number of nitrogens with one attached hydrogen (secondary N) is 1. The lowest BCUT2D eigenvalue weighted by Gasteiger charge is -2.10. The van der Waals surface area contributed by atoms with E-state index in [0.717, 1.165) is 23.8 Å². The third-order valence-corrected chi connectivity index (χ3v) is 2.26. The first-order valence-electron chi connectivity index (χ1n) is 5.24. The molecule has 1 N–H and O–H groups in total. The summed E-state index contributed by atoms with van der Waals surface area (Å²) in [6.07, 6.45) is 0. The molecule has 1 heterocycles. The Morgan fingerprint density at radius 3 is 2.27 bits per heavy atom. The second-order valence-corrected chi connectivity index (χ2v) is 3.46. The van der Waals surface area contributed by atoms with Crippen molar-refractivity contribution < 1.29 is 4.74 Å². The van der Waals surface area contributed by atoms with Crippen LogP contribution in [0.5, 0.6) is 0 Å². The molecule has 4 heteroatoms. The van der Waals surface area contributed by atoms with Crippen LogP contribution in [0.4, 0.5) is 0 Å². The van der Waals surface area contributed by atoms with Crippen LogP contribution < -0.4 is 5.32 Å². The van der Waals surface area contributed by atoms with Crippen LogP contribution >= 0.6 is 0 Å². The largest absolute Gasteiger partial charge is 0.374 e. The van der Waals surface area contributed by atoms with Gasteiger partial charge in [-0.05, 0) is 27.8 Å². The molecular formula is C11H19N3O. The molecule has 4 nitrogen and oxygen atoms in total. The van der Waals surface area contributed by atoms with Gasteiger partial charge in [-0.15, -0.1) is 0 Å². The van der Waals surface area contributed by atoms with Gasteiger partial charge in [0.05, 0.1) is 0 Å². The predicted molar refractivity (Wildman–Crippen MR) is 59.6 cm³/mol. The van der Waals surface area contributed by atoms with Gasteiger partial charge < -0.3 is 10.1 Å². The first kappa shape index (κ1) is 12.1. The Balaban J connectivity index is 2.87. The first-order chi connectivity index (χ1) is 7.19. The Labute approximate surface area is 91.1 Å². The number of aryl methyl sites for hydroxylation is 2. The van der Waals surface area contributed by atoms with Crippen molar-refractivity contribution in [3.63, 3.8) is 0 Å². The number of ether oxygens (including phenoxy) is 1. The zero-order valence-electron chi connectivity index (χ0n) is 9.92. The van der Waals surface area contributed by atoms with Crippen LogP contribution in [0, 0.1) is 13.8 Å². The molecule has 0 aliphatic carbocycles. The number of hydrogen-bond acceptors (Lipinski definition) is 4. The van der Waals surface area contributed by atoms with Gasteiger partial charge in [0.2, 0.25) is 0 Å². The highest BCUT2D eigenvalue weighted by molar-refractivity contribution is 5.23. The summed E-state index contributed by atoms with van der Waals surface area (Å²) in [7, 11) is 1.92. The standard InChI is InChI=1S/C11H19N3O/c1-5-15-7-11-13-8(2)10(6-12-4)9(3)14-11/h12H,5-7H2,1-4H3. The molecule has 0 unspecified atom stereocenters. The fourth-order valence-electron chi connectivity index (χ4n) is 1.50. The van der Waals surface area contributed by atoms with Gasteiger partial charge >= 0.3 is 0 Å². The number of rotatable bonds is 5. The Hall–Kier alpha value is -1.00. The lowest BCUT2D eigenvalue weighted by Crippen LogP contribution is -2.13. The molecule has 1 aromatic heterocycles. The van der Waals surface area contributed by atoms with E-state index in [1.165, 1.54) is 5.56 Å². The molecular weight excluding hydrogens is 190 g/mol.